The number of aliphatic hydroxyl groups is 1. The van der Waals surface area contributed by atoms with E-state index in [0.717, 1.165) is 91.1 Å². The van der Waals surface area contributed by atoms with Gasteiger partial charge in [0.1, 0.15) is 0 Å². The minimum atomic E-state index is -0.576. The van der Waals surface area contributed by atoms with E-state index in [1.165, 1.54) is 0 Å². The Bertz CT molecular complexity index is 1880. The normalized spacial score (nSPS) is 18.7. The average molecular weight is 766 g/mol. The molecule has 2 aliphatic heterocycles. The van der Waals surface area contributed by atoms with E-state index >= 15 is 0 Å². The maximum absolute atomic E-state index is 12.5. The lowest BCUT2D eigenvalue weighted by Crippen LogP contribution is -2.49. The smallest absolute Gasteiger partial charge is 0.269 e. The molecule has 3 atom stereocenters. The number of non-ortho nitro benzene ring substituents is 1. The van der Waals surface area contributed by atoms with E-state index in [9.17, 15) is 24.8 Å². The molecule has 13 nitrogen and oxygen atoms in total. The van der Waals surface area contributed by atoms with Gasteiger partial charge in [0.05, 0.1) is 23.7 Å². The summed E-state index contributed by atoms with van der Waals surface area (Å²) in [6, 6.07) is 31.0. The van der Waals surface area contributed by atoms with Crippen LogP contribution >= 0.6 is 0 Å². The van der Waals surface area contributed by atoms with Crippen molar-refractivity contribution in [2.75, 3.05) is 37.6 Å². The molecule has 56 heavy (non-hydrogen) atoms. The molecular weight excluding hydrogens is 714 g/mol. The van der Waals surface area contributed by atoms with Crippen LogP contribution in [0.4, 0.5) is 11.4 Å². The fraction of sp³-hybridized carbons (Fsp3) is 0.395. The molecule has 296 valence electrons. The van der Waals surface area contributed by atoms with Crippen molar-refractivity contribution < 1.29 is 34.3 Å². The predicted octanol–water partition coefficient (Wildman–Crippen LogP) is 6.58. The summed E-state index contributed by atoms with van der Waals surface area (Å²) < 4.78 is 13.3. The molecule has 2 saturated heterocycles. The molecule has 2 heterocycles. The summed E-state index contributed by atoms with van der Waals surface area (Å²) in [5.41, 5.74) is 8.57. The summed E-state index contributed by atoms with van der Waals surface area (Å²) in [4.78, 5) is 38.9. The summed E-state index contributed by atoms with van der Waals surface area (Å²) >= 11 is 0. The Kier molecular flexibility index (Phi) is 14.5. The van der Waals surface area contributed by atoms with Crippen molar-refractivity contribution in [1.82, 2.24) is 15.7 Å². The molecule has 0 radical (unpaired) electrons. The van der Waals surface area contributed by atoms with Gasteiger partial charge in [-0.25, -0.2) is 5.48 Å². The second kappa shape index (κ2) is 20.1. The molecule has 2 amide bonds. The number of anilines is 1. The number of aliphatic hydroxyl groups excluding tert-OH is 1. The number of hydrogen-bond acceptors (Lipinski definition) is 10. The van der Waals surface area contributed by atoms with E-state index in [2.05, 4.69) is 39.4 Å². The number of unbranched alkanes of at least 4 members (excludes halogenated alkanes) is 3. The molecule has 13 heteroatoms. The molecule has 4 aromatic carbocycles. The van der Waals surface area contributed by atoms with Crippen LogP contribution in [0.2, 0.25) is 0 Å². The van der Waals surface area contributed by atoms with E-state index in [4.69, 9.17) is 14.7 Å². The average Bonchev–Trinajstić information content (AvgIpc) is 3.24. The zero-order valence-electron chi connectivity index (χ0n) is 31.6. The van der Waals surface area contributed by atoms with Crippen LogP contribution in [0.15, 0.2) is 97.1 Å². The number of ether oxygens (including phenoxy) is 2. The third-order valence-corrected chi connectivity index (χ3v) is 10.5. The SMILES string of the molecule is O=C(CCCCCCC(=O)NCc1cccc(-c2ccc([C@@H]3O[C@H](CN4CCN(c5ccc([N+](=O)[O-])cc5)CC4)C[C@H](c4ccc(CO)cc4)O3)cc2)c1)NO. The summed E-state index contributed by atoms with van der Waals surface area (Å²) in [6.07, 6.45) is 3.63. The van der Waals surface area contributed by atoms with Crippen molar-refractivity contribution in [2.24, 2.45) is 0 Å². The number of nitro groups is 1. The van der Waals surface area contributed by atoms with Gasteiger partial charge >= 0.3 is 0 Å². The van der Waals surface area contributed by atoms with Gasteiger partial charge in [-0.05, 0) is 58.9 Å². The van der Waals surface area contributed by atoms with Gasteiger partial charge in [0.15, 0.2) is 6.29 Å². The number of rotatable bonds is 17. The van der Waals surface area contributed by atoms with Crippen molar-refractivity contribution in [3.8, 4) is 11.1 Å². The minimum Gasteiger partial charge on any atom is -0.392 e. The highest BCUT2D eigenvalue weighted by molar-refractivity contribution is 5.76. The minimum absolute atomic E-state index is 0.00852. The molecule has 0 unspecified atom stereocenters. The number of carbonyl (C=O) groups excluding carboxylic acids is 2. The van der Waals surface area contributed by atoms with Gasteiger partial charge in [0.25, 0.3) is 5.69 Å². The lowest BCUT2D eigenvalue weighted by atomic mass is 9.98. The molecule has 0 bridgehead atoms. The number of hydrogen-bond donors (Lipinski definition) is 4. The van der Waals surface area contributed by atoms with Gasteiger partial charge in [-0.3, -0.25) is 29.8 Å². The van der Waals surface area contributed by atoms with E-state index < -0.39 is 6.29 Å². The molecule has 4 aromatic rings. The van der Waals surface area contributed by atoms with Crippen molar-refractivity contribution in [1.29, 1.82) is 0 Å². The van der Waals surface area contributed by atoms with Gasteiger partial charge in [0.2, 0.25) is 11.8 Å². The quantitative estimate of drug-likeness (QED) is 0.0399. The molecule has 0 aliphatic carbocycles. The molecule has 4 N–H and O–H groups in total. The Hall–Kier alpha value is -5.18. The molecule has 2 fully saturated rings. The van der Waals surface area contributed by atoms with Crippen molar-refractivity contribution in [3.05, 3.63) is 129 Å². The van der Waals surface area contributed by atoms with Crippen molar-refractivity contribution in [2.45, 2.75) is 76.6 Å². The first-order chi connectivity index (χ1) is 27.3. The largest absolute Gasteiger partial charge is 0.392 e. The number of nitrogens with one attached hydrogen (secondary N) is 2. The molecule has 0 saturated carbocycles. The zero-order valence-corrected chi connectivity index (χ0v) is 31.6. The first kappa shape index (κ1) is 40.5. The Labute approximate surface area is 327 Å². The Balaban J connectivity index is 1.05. The summed E-state index contributed by atoms with van der Waals surface area (Å²) in [6.45, 7) is 4.44. The van der Waals surface area contributed by atoms with Crippen LogP contribution < -0.4 is 15.7 Å². The Morgan fingerprint density at radius 3 is 2.11 bits per heavy atom. The second-order valence-corrected chi connectivity index (χ2v) is 14.5. The second-order valence-electron chi connectivity index (χ2n) is 14.5. The van der Waals surface area contributed by atoms with E-state index in [1.54, 1.807) is 17.6 Å². The van der Waals surface area contributed by atoms with Crippen LogP contribution in [-0.4, -0.2) is 70.8 Å². The lowest BCUT2D eigenvalue weighted by molar-refractivity contribution is -0.384. The monoisotopic (exact) mass is 765 g/mol. The van der Waals surface area contributed by atoms with Crippen LogP contribution in [0.25, 0.3) is 11.1 Å². The molecule has 0 spiro atoms. The molecule has 0 aromatic heterocycles. The van der Waals surface area contributed by atoms with Crippen molar-refractivity contribution in [3.63, 3.8) is 0 Å². The Morgan fingerprint density at radius 2 is 1.45 bits per heavy atom. The highest BCUT2D eigenvalue weighted by atomic mass is 16.7. The number of amides is 2. The number of carbonyl (C=O) groups is 2. The van der Waals surface area contributed by atoms with Crippen LogP contribution in [0.3, 0.4) is 0 Å². The van der Waals surface area contributed by atoms with Gasteiger partial charge < -0.3 is 24.8 Å². The number of benzene rings is 4. The fourth-order valence-electron chi connectivity index (χ4n) is 7.26. The number of nitro benzene ring substituents is 1. The van der Waals surface area contributed by atoms with Crippen LogP contribution in [-0.2, 0) is 32.2 Å². The van der Waals surface area contributed by atoms with Gasteiger partial charge in [-0.15, -0.1) is 0 Å². The highest BCUT2D eigenvalue weighted by Gasteiger charge is 2.34. The lowest BCUT2D eigenvalue weighted by Gasteiger charge is -2.41. The summed E-state index contributed by atoms with van der Waals surface area (Å²) in [5, 5.41) is 32.3. The van der Waals surface area contributed by atoms with E-state index in [-0.39, 0.29) is 47.7 Å². The third-order valence-electron chi connectivity index (χ3n) is 10.5. The van der Waals surface area contributed by atoms with Crippen LogP contribution in [0, 0.1) is 10.1 Å². The first-order valence-corrected chi connectivity index (χ1v) is 19.4. The maximum Gasteiger partial charge on any atom is 0.269 e. The van der Waals surface area contributed by atoms with Gasteiger partial charge in [-0.2, -0.15) is 0 Å². The van der Waals surface area contributed by atoms with Crippen LogP contribution in [0.5, 0.6) is 0 Å². The number of hydroxylamine groups is 1. The third kappa shape index (κ3) is 11.4. The fourth-order valence-corrected chi connectivity index (χ4v) is 7.26. The molecule has 6 rings (SSSR count). The summed E-state index contributed by atoms with van der Waals surface area (Å²) in [7, 11) is 0. The van der Waals surface area contributed by atoms with E-state index in [0.29, 0.717) is 25.8 Å². The highest BCUT2D eigenvalue weighted by Crippen LogP contribution is 2.39. The number of nitrogens with zero attached hydrogens (tertiary/aromatic N) is 3. The topological polar surface area (TPSA) is 167 Å². The number of piperazine rings is 1. The Morgan fingerprint density at radius 1 is 0.768 bits per heavy atom. The molecule has 2 aliphatic rings. The summed E-state index contributed by atoms with van der Waals surface area (Å²) in [5.74, 6) is -0.397. The van der Waals surface area contributed by atoms with E-state index in [1.807, 2.05) is 60.7 Å². The maximum atomic E-state index is 12.5. The van der Waals surface area contributed by atoms with Gasteiger partial charge in [0, 0.05) is 81.9 Å². The van der Waals surface area contributed by atoms with Gasteiger partial charge in [-0.1, -0.05) is 79.6 Å². The van der Waals surface area contributed by atoms with Crippen LogP contribution in [0.1, 0.15) is 79.6 Å². The standard InChI is InChI=1S/C43H51N5O8/c49-30-31-10-12-34(13-11-31)40-27-39(29-46-22-24-47(25-23-46)37-18-20-38(21-19-37)48(53)54)55-43(56-40)35-16-14-33(15-17-35)36-7-5-6-32(26-36)28-44-41(50)8-3-1-2-4-9-42(51)45-52/h5-7,10-21,26,39-40,43,49,52H,1-4,8-9,22-25,27-30H2,(H,44,50)(H,45,51)/t39-,40+,43+/m0/s1. The first-order valence-electron chi connectivity index (χ1n) is 19.4. The predicted molar refractivity (Wildman–Crippen MR) is 212 cm³/mol. The zero-order chi connectivity index (χ0) is 39.3. The van der Waals surface area contributed by atoms with Crippen molar-refractivity contribution >= 4 is 23.2 Å². The molecular formula is C43H51N5O8.